The van der Waals surface area contributed by atoms with Crippen LogP contribution >= 0.6 is 0 Å². The quantitative estimate of drug-likeness (QED) is 0.573. The average molecular weight is 217 g/mol. The van der Waals surface area contributed by atoms with Crippen molar-refractivity contribution in [2.24, 2.45) is 0 Å². The van der Waals surface area contributed by atoms with Crippen molar-refractivity contribution in [2.45, 2.75) is 13.8 Å². The zero-order valence-corrected chi connectivity index (χ0v) is 9.06. The molecule has 0 saturated carbocycles. The summed E-state index contributed by atoms with van der Waals surface area (Å²) >= 11 is 0. The fourth-order valence-electron chi connectivity index (χ4n) is 1.42. The highest BCUT2D eigenvalue weighted by molar-refractivity contribution is 5.93. The number of hydrogen-bond donors (Lipinski definition) is 0. The fourth-order valence-corrected chi connectivity index (χ4v) is 1.42. The first-order valence-electron chi connectivity index (χ1n) is 4.88. The van der Waals surface area contributed by atoms with Crippen molar-refractivity contribution >= 4 is 5.97 Å². The Kier molecular flexibility index (Phi) is 2.72. The third kappa shape index (κ3) is 1.95. The maximum Gasteiger partial charge on any atom is 0.349 e. The van der Waals surface area contributed by atoms with Crippen LogP contribution in [0, 0.1) is 13.8 Å². The third-order valence-electron chi connectivity index (χ3n) is 2.19. The number of esters is 1. The zero-order chi connectivity index (χ0) is 11.5. The van der Waals surface area contributed by atoms with Crippen LogP contribution in [0.5, 0.6) is 5.75 Å². The molecule has 0 aliphatic heterocycles. The monoisotopic (exact) mass is 217 g/mol. The molecule has 0 unspecified atom stereocenters. The third-order valence-corrected chi connectivity index (χ3v) is 2.19. The SMILES string of the molecule is Cc1noc(C)c1C(=O)Oc1ccccc1. The van der Waals surface area contributed by atoms with Crippen LogP contribution in [0.15, 0.2) is 34.9 Å². The highest BCUT2D eigenvalue weighted by Crippen LogP contribution is 2.16. The standard InChI is InChI=1S/C12H11NO3/c1-8-11(9(2)16-13-8)12(14)15-10-6-4-3-5-7-10/h3-7H,1-2H3. The molecule has 4 heteroatoms. The van der Waals surface area contributed by atoms with E-state index in [1.54, 1.807) is 38.1 Å². The van der Waals surface area contributed by atoms with Gasteiger partial charge in [0.25, 0.3) is 0 Å². The topological polar surface area (TPSA) is 52.3 Å². The van der Waals surface area contributed by atoms with Gasteiger partial charge >= 0.3 is 5.97 Å². The van der Waals surface area contributed by atoms with Crippen molar-refractivity contribution in [1.82, 2.24) is 5.16 Å². The zero-order valence-electron chi connectivity index (χ0n) is 9.06. The van der Waals surface area contributed by atoms with Gasteiger partial charge in [-0.3, -0.25) is 0 Å². The number of rotatable bonds is 2. The molecule has 0 N–H and O–H groups in total. The van der Waals surface area contributed by atoms with Gasteiger partial charge in [0.2, 0.25) is 0 Å². The van der Waals surface area contributed by atoms with Crippen molar-refractivity contribution in [1.29, 1.82) is 0 Å². The van der Waals surface area contributed by atoms with Gasteiger partial charge in [-0.15, -0.1) is 0 Å². The van der Waals surface area contributed by atoms with Gasteiger partial charge in [-0.2, -0.15) is 0 Å². The van der Waals surface area contributed by atoms with E-state index in [2.05, 4.69) is 5.16 Å². The van der Waals surface area contributed by atoms with Gasteiger partial charge in [0.15, 0.2) is 0 Å². The number of carbonyl (C=O) groups is 1. The summed E-state index contributed by atoms with van der Waals surface area (Å²) in [5, 5.41) is 3.70. The van der Waals surface area contributed by atoms with Crippen molar-refractivity contribution < 1.29 is 14.1 Å². The van der Waals surface area contributed by atoms with Crippen molar-refractivity contribution in [3.8, 4) is 5.75 Å². The lowest BCUT2D eigenvalue weighted by Crippen LogP contribution is -2.10. The molecule has 2 aromatic rings. The number of aromatic nitrogens is 1. The summed E-state index contributed by atoms with van der Waals surface area (Å²) < 4.78 is 10.1. The predicted octanol–water partition coefficient (Wildman–Crippen LogP) is 2.51. The molecule has 0 amide bonds. The lowest BCUT2D eigenvalue weighted by atomic mass is 10.2. The molecule has 4 nitrogen and oxygen atoms in total. The Balaban J connectivity index is 2.22. The summed E-state index contributed by atoms with van der Waals surface area (Å²) in [7, 11) is 0. The van der Waals surface area contributed by atoms with E-state index >= 15 is 0 Å². The van der Waals surface area contributed by atoms with E-state index in [0.29, 0.717) is 22.8 Å². The lowest BCUT2D eigenvalue weighted by molar-refractivity contribution is 0.0732. The summed E-state index contributed by atoms with van der Waals surface area (Å²) in [6.45, 7) is 3.39. The molecule has 2 rings (SSSR count). The van der Waals surface area contributed by atoms with E-state index in [-0.39, 0.29) is 0 Å². The first-order chi connectivity index (χ1) is 7.68. The van der Waals surface area contributed by atoms with Gasteiger partial charge in [-0.25, -0.2) is 4.79 Å². The largest absolute Gasteiger partial charge is 0.423 e. The van der Waals surface area contributed by atoms with E-state index in [9.17, 15) is 4.79 Å². The summed E-state index contributed by atoms with van der Waals surface area (Å²) in [5.41, 5.74) is 0.933. The Morgan fingerprint density at radius 1 is 1.25 bits per heavy atom. The smallest absolute Gasteiger partial charge is 0.349 e. The van der Waals surface area contributed by atoms with Crippen LogP contribution in [-0.2, 0) is 0 Å². The fraction of sp³-hybridized carbons (Fsp3) is 0.167. The molecule has 0 aliphatic rings. The summed E-state index contributed by atoms with van der Waals surface area (Å²) in [4.78, 5) is 11.8. The number of nitrogens with zero attached hydrogens (tertiary/aromatic N) is 1. The Labute approximate surface area is 92.8 Å². The van der Waals surface area contributed by atoms with Crippen LogP contribution in [0.2, 0.25) is 0 Å². The van der Waals surface area contributed by atoms with E-state index in [0.717, 1.165) is 0 Å². The van der Waals surface area contributed by atoms with Crippen LogP contribution in [0.25, 0.3) is 0 Å². The lowest BCUT2D eigenvalue weighted by Gasteiger charge is -2.02. The molecule has 1 aromatic carbocycles. The molecule has 0 atom stereocenters. The minimum Gasteiger partial charge on any atom is -0.423 e. The van der Waals surface area contributed by atoms with Crippen LogP contribution in [-0.4, -0.2) is 11.1 Å². The van der Waals surface area contributed by atoms with Gasteiger partial charge in [0, 0.05) is 0 Å². The van der Waals surface area contributed by atoms with E-state index in [1.165, 1.54) is 0 Å². The van der Waals surface area contributed by atoms with Gasteiger partial charge < -0.3 is 9.26 Å². The molecule has 0 spiro atoms. The van der Waals surface area contributed by atoms with Gasteiger partial charge in [0.05, 0.1) is 5.69 Å². The Morgan fingerprint density at radius 2 is 1.94 bits per heavy atom. The normalized spacial score (nSPS) is 10.1. The maximum atomic E-state index is 11.8. The van der Waals surface area contributed by atoms with E-state index in [4.69, 9.17) is 9.26 Å². The summed E-state index contributed by atoms with van der Waals surface area (Å²) in [5.74, 6) is 0.536. The number of ether oxygens (including phenoxy) is 1. The van der Waals surface area contributed by atoms with Gasteiger partial charge in [0.1, 0.15) is 17.1 Å². The van der Waals surface area contributed by atoms with Crippen molar-refractivity contribution in [3.63, 3.8) is 0 Å². The minimum atomic E-state index is -0.442. The second-order valence-electron chi connectivity index (χ2n) is 3.40. The molecular weight excluding hydrogens is 206 g/mol. The van der Waals surface area contributed by atoms with E-state index in [1.807, 2.05) is 6.07 Å². The second kappa shape index (κ2) is 4.18. The van der Waals surface area contributed by atoms with Crippen molar-refractivity contribution in [2.75, 3.05) is 0 Å². The highest BCUT2D eigenvalue weighted by atomic mass is 16.5. The molecule has 0 radical (unpaired) electrons. The van der Waals surface area contributed by atoms with Crippen molar-refractivity contribution in [3.05, 3.63) is 47.3 Å². The molecule has 1 aromatic heterocycles. The maximum absolute atomic E-state index is 11.8. The number of benzene rings is 1. The Morgan fingerprint density at radius 3 is 2.50 bits per heavy atom. The number of aryl methyl sites for hydroxylation is 2. The molecule has 16 heavy (non-hydrogen) atoms. The first-order valence-corrected chi connectivity index (χ1v) is 4.88. The second-order valence-corrected chi connectivity index (χ2v) is 3.40. The Hall–Kier alpha value is -2.10. The van der Waals surface area contributed by atoms with E-state index < -0.39 is 5.97 Å². The molecule has 0 fully saturated rings. The molecular formula is C12H11NO3. The summed E-state index contributed by atoms with van der Waals surface area (Å²) in [6, 6.07) is 8.89. The number of carbonyl (C=O) groups excluding carboxylic acids is 1. The van der Waals surface area contributed by atoms with Crippen LogP contribution in [0.1, 0.15) is 21.8 Å². The van der Waals surface area contributed by atoms with Crippen LogP contribution < -0.4 is 4.74 Å². The van der Waals surface area contributed by atoms with Gasteiger partial charge in [-0.05, 0) is 26.0 Å². The Bertz CT molecular complexity index is 483. The molecule has 1 heterocycles. The number of hydrogen-bond acceptors (Lipinski definition) is 4. The van der Waals surface area contributed by atoms with Crippen LogP contribution in [0.3, 0.4) is 0 Å². The summed E-state index contributed by atoms with van der Waals surface area (Å²) in [6.07, 6.45) is 0. The molecule has 0 aliphatic carbocycles. The predicted molar refractivity (Wildman–Crippen MR) is 57.4 cm³/mol. The molecule has 82 valence electrons. The average Bonchev–Trinajstić information content (AvgIpc) is 2.60. The highest BCUT2D eigenvalue weighted by Gasteiger charge is 2.19. The van der Waals surface area contributed by atoms with Crippen LogP contribution in [0.4, 0.5) is 0 Å². The minimum absolute atomic E-state index is 0.392. The number of para-hydroxylation sites is 1. The first kappa shape index (κ1) is 10.4. The molecule has 0 saturated heterocycles. The molecule has 0 bridgehead atoms. The van der Waals surface area contributed by atoms with Gasteiger partial charge in [-0.1, -0.05) is 23.4 Å².